The molecule has 2 unspecified atom stereocenters. The van der Waals surface area contributed by atoms with Gasteiger partial charge < -0.3 is 5.32 Å². The van der Waals surface area contributed by atoms with Crippen LogP contribution in [-0.4, -0.2) is 36.6 Å². The Balaban J connectivity index is 4.31. The van der Waals surface area contributed by atoms with Crippen molar-refractivity contribution in [1.82, 2.24) is 10.2 Å². The average molecular weight is 228 g/mol. The molecule has 1 N–H and O–H groups in total. The minimum absolute atomic E-state index is 0.643. The molecule has 0 heterocycles. The number of hydrogen-bond acceptors (Lipinski definition) is 2. The van der Waals surface area contributed by atoms with E-state index < -0.39 is 0 Å². The second kappa shape index (κ2) is 9.00. The van der Waals surface area contributed by atoms with E-state index in [1.807, 2.05) is 0 Å². The van der Waals surface area contributed by atoms with E-state index in [2.05, 4.69) is 51.8 Å². The lowest BCUT2D eigenvalue weighted by atomic mass is 9.98. The summed E-state index contributed by atoms with van der Waals surface area (Å²) in [5.74, 6) is 0.762. The molecular weight excluding hydrogens is 196 g/mol. The molecule has 0 aliphatic rings. The lowest BCUT2D eigenvalue weighted by molar-refractivity contribution is 0.175. The van der Waals surface area contributed by atoms with Gasteiger partial charge in [-0.05, 0) is 39.3 Å². The summed E-state index contributed by atoms with van der Waals surface area (Å²) in [4.78, 5) is 2.60. The first-order valence-electron chi connectivity index (χ1n) is 7.04. The van der Waals surface area contributed by atoms with Gasteiger partial charge in [0.25, 0.3) is 0 Å². The summed E-state index contributed by atoms with van der Waals surface area (Å²) in [6.45, 7) is 17.2. The van der Waals surface area contributed by atoms with Gasteiger partial charge in [-0.3, -0.25) is 4.90 Å². The Morgan fingerprint density at radius 1 is 1.06 bits per heavy atom. The first kappa shape index (κ1) is 15.9. The molecule has 0 aliphatic heterocycles. The maximum Gasteiger partial charge on any atom is 0.0220 e. The summed E-state index contributed by atoms with van der Waals surface area (Å²) >= 11 is 0. The SMILES string of the molecule is CCCN(CC(NCC)C(C)CC)C(C)C. The summed E-state index contributed by atoms with van der Waals surface area (Å²) in [5.41, 5.74) is 0. The van der Waals surface area contributed by atoms with Gasteiger partial charge >= 0.3 is 0 Å². The molecule has 0 spiro atoms. The van der Waals surface area contributed by atoms with Crippen LogP contribution >= 0.6 is 0 Å². The third-order valence-electron chi connectivity index (χ3n) is 3.47. The second-order valence-corrected chi connectivity index (χ2v) is 5.14. The van der Waals surface area contributed by atoms with Crippen LogP contribution in [0.1, 0.15) is 54.4 Å². The quantitative estimate of drug-likeness (QED) is 0.652. The van der Waals surface area contributed by atoms with Gasteiger partial charge in [0.2, 0.25) is 0 Å². The zero-order valence-electron chi connectivity index (χ0n) is 12.2. The van der Waals surface area contributed by atoms with Crippen LogP contribution in [0.4, 0.5) is 0 Å². The summed E-state index contributed by atoms with van der Waals surface area (Å²) in [6, 6.07) is 1.30. The van der Waals surface area contributed by atoms with Crippen molar-refractivity contribution in [2.24, 2.45) is 5.92 Å². The van der Waals surface area contributed by atoms with Crippen LogP contribution in [0.5, 0.6) is 0 Å². The van der Waals surface area contributed by atoms with Crippen LogP contribution in [0.3, 0.4) is 0 Å². The van der Waals surface area contributed by atoms with Gasteiger partial charge in [-0.2, -0.15) is 0 Å². The van der Waals surface area contributed by atoms with Crippen molar-refractivity contribution in [3.63, 3.8) is 0 Å². The van der Waals surface area contributed by atoms with Crippen molar-refractivity contribution in [2.45, 2.75) is 66.5 Å². The first-order chi connectivity index (χ1) is 7.56. The molecule has 0 saturated carbocycles. The molecule has 0 aromatic carbocycles. The zero-order chi connectivity index (χ0) is 12.6. The fourth-order valence-corrected chi connectivity index (χ4v) is 2.09. The predicted octanol–water partition coefficient (Wildman–Crippen LogP) is 3.13. The molecule has 2 heteroatoms. The number of likely N-dealkylation sites (N-methyl/N-ethyl adjacent to an activating group) is 1. The minimum atomic E-state index is 0.643. The Morgan fingerprint density at radius 2 is 1.69 bits per heavy atom. The molecule has 0 amide bonds. The van der Waals surface area contributed by atoms with Gasteiger partial charge in [0, 0.05) is 18.6 Å². The maximum absolute atomic E-state index is 3.64. The van der Waals surface area contributed by atoms with E-state index in [9.17, 15) is 0 Å². The van der Waals surface area contributed by atoms with Gasteiger partial charge in [-0.1, -0.05) is 34.1 Å². The Labute approximate surface area is 103 Å². The number of nitrogens with one attached hydrogen (secondary N) is 1. The highest BCUT2D eigenvalue weighted by atomic mass is 15.2. The molecule has 0 radical (unpaired) electrons. The van der Waals surface area contributed by atoms with Gasteiger partial charge in [-0.25, -0.2) is 0 Å². The number of rotatable bonds is 9. The molecule has 0 saturated heterocycles. The standard InChI is InChI=1S/C14H32N2/c1-7-10-16(12(4)5)11-14(15-9-3)13(6)8-2/h12-15H,7-11H2,1-6H3. The van der Waals surface area contributed by atoms with E-state index in [1.54, 1.807) is 0 Å². The van der Waals surface area contributed by atoms with Crippen LogP contribution in [0.2, 0.25) is 0 Å². The fraction of sp³-hybridized carbons (Fsp3) is 1.00. The molecular formula is C14H32N2. The van der Waals surface area contributed by atoms with E-state index in [1.165, 1.54) is 25.9 Å². The summed E-state index contributed by atoms with van der Waals surface area (Å²) in [5, 5.41) is 3.64. The van der Waals surface area contributed by atoms with Crippen LogP contribution < -0.4 is 5.32 Å². The lowest BCUT2D eigenvalue weighted by Gasteiger charge is -2.33. The van der Waals surface area contributed by atoms with E-state index >= 15 is 0 Å². The molecule has 98 valence electrons. The highest BCUT2D eigenvalue weighted by Gasteiger charge is 2.19. The molecule has 0 aliphatic carbocycles. The van der Waals surface area contributed by atoms with E-state index in [0.717, 1.165) is 12.5 Å². The third-order valence-corrected chi connectivity index (χ3v) is 3.47. The van der Waals surface area contributed by atoms with Crippen molar-refractivity contribution < 1.29 is 0 Å². The van der Waals surface area contributed by atoms with Gasteiger partial charge in [0.1, 0.15) is 0 Å². The minimum Gasteiger partial charge on any atom is -0.313 e. The molecule has 0 aromatic rings. The molecule has 16 heavy (non-hydrogen) atoms. The maximum atomic E-state index is 3.64. The van der Waals surface area contributed by atoms with E-state index in [-0.39, 0.29) is 0 Å². The first-order valence-corrected chi connectivity index (χ1v) is 7.04. The Hall–Kier alpha value is -0.0800. The van der Waals surface area contributed by atoms with Crippen LogP contribution in [0, 0.1) is 5.92 Å². The van der Waals surface area contributed by atoms with Crippen molar-refractivity contribution in [2.75, 3.05) is 19.6 Å². The number of nitrogens with zero attached hydrogens (tertiary/aromatic N) is 1. The highest BCUT2D eigenvalue weighted by Crippen LogP contribution is 2.11. The fourth-order valence-electron chi connectivity index (χ4n) is 2.09. The highest BCUT2D eigenvalue weighted by molar-refractivity contribution is 4.77. The molecule has 0 rings (SSSR count). The topological polar surface area (TPSA) is 15.3 Å². The van der Waals surface area contributed by atoms with E-state index in [0.29, 0.717) is 12.1 Å². The Morgan fingerprint density at radius 3 is 2.06 bits per heavy atom. The van der Waals surface area contributed by atoms with Crippen molar-refractivity contribution in [3.05, 3.63) is 0 Å². The lowest BCUT2D eigenvalue weighted by Crippen LogP contribution is -2.47. The average Bonchev–Trinajstić information content (AvgIpc) is 2.26. The van der Waals surface area contributed by atoms with Crippen LogP contribution in [0.25, 0.3) is 0 Å². The molecule has 2 nitrogen and oxygen atoms in total. The van der Waals surface area contributed by atoms with E-state index in [4.69, 9.17) is 0 Å². The van der Waals surface area contributed by atoms with Crippen molar-refractivity contribution >= 4 is 0 Å². The monoisotopic (exact) mass is 228 g/mol. The largest absolute Gasteiger partial charge is 0.313 e. The van der Waals surface area contributed by atoms with Gasteiger partial charge in [0.05, 0.1) is 0 Å². The third kappa shape index (κ3) is 5.86. The normalized spacial score (nSPS) is 15.8. The van der Waals surface area contributed by atoms with Gasteiger partial charge in [-0.15, -0.1) is 0 Å². The molecule has 0 aromatic heterocycles. The predicted molar refractivity (Wildman–Crippen MR) is 73.9 cm³/mol. The van der Waals surface area contributed by atoms with Crippen molar-refractivity contribution in [1.29, 1.82) is 0 Å². The molecule has 0 fully saturated rings. The smallest absolute Gasteiger partial charge is 0.0220 e. The van der Waals surface area contributed by atoms with Crippen LogP contribution in [0.15, 0.2) is 0 Å². The van der Waals surface area contributed by atoms with Gasteiger partial charge in [0.15, 0.2) is 0 Å². The van der Waals surface area contributed by atoms with Crippen molar-refractivity contribution in [3.8, 4) is 0 Å². The second-order valence-electron chi connectivity index (χ2n) is 5.14. The molecule has 2 atom stereocenters. The summed E-state index contributed by atoms with van der Waals surface area (Å²) in [6.07, 6.45) is 2.51. The number of hydrogen-bond donors (Lipinski definition) is 1. The zero-order valence-corrected chi connectivity index (χ0v) is 12.2. The Kier molecular flexibility index (Phi) is 8.96. The summed E-state index contributed by atoms with van der Waals surface area (Å²) < 4.78 is 0. The van der Waals surface area contributed by atoms with Crippen LogP contribution in [-0.2, 0) is 0 Å². The summed E-state index contributed by atoms with van der Waals surface area (Å²) in [7, 11) is 0. The molecule has 0 bridgehead atoms. The Bertz CT molecular complexity index is 157.